The van der Waals surface area contributed by atoms with E-state index in [1.54, 1.807) is 20.3 Å². The van der Waals surface area contributed by atoms with E-state index in [9.17, 15) is 14.7 Å². The number of hydrogen-bond donors (Lipinski definition) is 2. The first kappa shape index (κ1) is 28.3. The van der Waals surface area contributed by atoms with Gasteiger partial charge in [0.15, 0.2) is 5.79 Å². The van der Waals surface area contributed by atoms with Crippen molar-refractivity contribution in [3.8, 4) is 0 Å². The quantitative estimate of drug-likeness (QED) is 0.350. The molecule has 1 aromatic carbocycles. The van der Waals surface area contributed by atoms with Crippen LogP contribution in [0.1, 0.15) is 45.1 Å². The molecule has 4 rings (SSSR count). The van der Waals surface area contributed by atoms with Gasteiger partial charge in [-0.05, 0) is 48.3 Å². The maximum absolute atomic E-state index is 13.9. The highest BCUT2D eigenvalue weighted by Crippen LogP contribution is 2.52. The molecular weight excluding hydrogens is 482 g/mol. The molecule has 1 aliphatic carbocycles. The standard InChI is InChI=1S/C31H41NO6/c1-20-11-9-15-24-28(34)22(3)21(2)27-25(19-23-13-7-6-8-14-23)32-29(35)31(24,27)38-26(33)16-18-30(36-4,37-5)17-10-12-20/h6-9,13-16,18,20-21,24-25,27-28,34H,3,10-12,17,19H2,1-2,4-5H3,(H,32,35)/b15-9+,18-16+/t20-,21+,24-,25-,27-,28+,31+/m0/s1. The summed E-state index contributed by atoms with van der Waals surface area (Å²) in [6.07, 6.45) is 9.38. The zero-order valence-electron chi connectivity index (χ0n) is 22.9. The lowest BCUT2D eigenvalue weighted by atomic mass is 9.59. The van der Waals surface area contributed by atoms with Crippen LogP contribution in [0.2, 0.25) is 0 Å². The van der Waals surface area contributed by atoms with Crippen LogP contribution in [0.4, 0.5) is 0 Å². The maximum Gasteiger partial charge on any atom is 0.331 e. The molecule has 3 aliphatic rings. The molecule has 0 unspecified atom stereocenters. The van der Waals surface area contributed by atoms with Gasteiger partial charge in [0.25, 0.3) is 5.91 Å². The van der Waals surface area contributed by atoms with Crippen molar-refractivity contribution in [2.24, 2.45) is 23.7 Å². The lowest BCUT2D eigenvalue weighted by Crippen LogP contribution is -2.61. The Kier molecular flexibility index (Phi) is 8.60. The summed E-state index contributed by atoms with van der Waals surface area (Å²) in [5.74, 6) is -3.23. The Balaban J connectivity index is 1.80. The summed E-state index contributed by atoms with van der Waals surface area (Å²) in [4.78, 5) is 27.3. The number of rotatable bonds is 4. The second-order valence-electron chi connectivity index (χ2n) is 11.1. The summed E-state index contributed by atoms with van der Waals surface area (Å²) in [5, 5.41) is 14.5. The van der Waals surface area contributed by atoms with Crippen molar-refractivity contribution in [2.75, 3.05) is 14.2 Å². The van der Waals surface area contributed by atoms with Crippen molar-refractivity contribution in [3.05, 3.63) is 72.4 Å². The average molecular weight is 524 g/mol. The number of benzene rings is 1. The van der Waals surface area contributed by atoms with Gasteiger partial charge in [-0.25, -0.2) is 4.79 Å². The Bertz CT molecular complexity index is 1080. The normalized spacial score (nSPS) is 37.2. The van der Waals surface area contributed by atoms with E-state index >= 15 is 0 Å². The number of ether oxygens (including phenoxy) is 3. The summed E-state index contributed by atoms with van der Waals surface area (Å²) in [6, 6.07) is 9.62. The molecule has 1 saturated heterocycles. The SMILES string of the molecule is C=C1[C@@H](C)[C@H]2[C@H](Cc3ccccc3)NC(=O)[C@]23OC(=O)/C=C/C(OC)(OC)CCC[C@@H](C)C/C=C/[C@H]3[C@@H]1O. The van der Waals surface area contributed by atoms with Gasteiger partial charge in [0.05, 0.1) is 12.0 Å². The van der Waals surface area contributed by atoms with Crippen LogP contribution in [0.3, 0.4) is 0 Å². The fraction of sp³-hybridized carbons (Fsp3) is 0.548. The van der Waals surface area contributed by atoms with Gasteiger partial charge < -0.3 is 24.6 Å². The highest BCUT2D eigenvalue weighted by atomic mass is 16.7. The first-order valence-corrected chi connectivity index (χ1v) is 13.6. The van der Waals surface area contributed by atoms with Crippen LogP contribution in [0.5, 0.6) is 0 Å². The minimum atomic E-state index is -1.59. The molecule has 7 atom stereocenters. The molecule has 2 heterocycles. The summed E-state index contributed by atoms with van der Waals surface area (Å²) in [7, 11) is 3.09. The molecule has 206 valence electrons. The van der Waals surface area contributed by atoms with E-state index in [1.807, 2.05) is 49.4 Å². The summed E-state index contributed by atoms with van der Waals surface area (Å²) >= 11 is 0. The van der Waals surface area contributed by atoms with Gasteiger partial charge >= 0.3 is 5.97 Å². The molecule has 7 heteroatoms. The van der Waals surface area contributed by atoms with E-state index in [1.165, 1.54) is 6.08 Å². The molecule has 38 heavy (non-hydrogen) atoms. The van der Waals surface area contributed by atoms with Crippen LogP contribution in [-0.2, 0) is 30.2 Å². The van der Waals surface area contributed by atoms with E-state index < -0.39 is 35.3 Å². The smallest absolute Gasteiger partial charge is 0.331 e. The number of methoxy groups -OCH3 is 2. The third-order valence-electron chi connectivity index (χ3n) is 8.78. The molecule has 0 radical (unpaired) electrons. The number of esters is 1. The van der Waals surface area contributed by atoms with Crippen LogP contribution in [0, 0.1) is 23.7 Å². The topological polar surface area (TPSA) is 94.1 Å². The van der Waals surface area contributed by atoms with Crippen molar-refractivity contribution in [3.63, 3.8) is 0 Å². The third kappa shape index (κ3) is 5.24. The largest absolute Gasteiger partial charge is 0.445 e. The van der Waals surface area contributed by atoms with E-state index in [-0.39, 0.29) is 17.9 Å². The van der Waals surface area contributed by atoms with Crippen LogP contribution in [-0.4, -0.2) is 54.7 Å². The first-order valence-electron chi connectivity index (χ1n) is 13.6. The first-order chi connectivity index (χ1) is 18.2. The predicted molar refractivity (Wildman–Crippen MR) is 145 cm³/mol. The van der Waals surface area contributed by atoms with Crippen molar-refractivity contribution in [1.82, 2.24) is 5.32 Å². The van der Waals surface area contributed by atoms with Crippen LogP contribution in [0.15, 0.2) is 66.8 Å². The molecule has 2 fully saturated rings. The van der Waals surface area contributed by atoms with Crippen LogP contribution >= 0.6 is 0 Å². The highest BCUT2D eigenvalue weighted by molar-refractivity contribution is 5.94. The average Bonchev–Trinajstić information content (AvgIpc) is 3.18. The molecule has 0 aromatic heterocycles. The minimum absolute atomic E-state index is 0.269. The fourth-order valence-corrected chi connectivity index (χ4v) is 6.53. The summed E-state index contributed by atoms with van der Waals surface area (Å²) in [6.45, 7) is 8.33. The maximum atomic E-state index is 13.9. The molecule has 1 aromatic rings. The van der Waals surface area contributed by atoms with Crippen LogP contribution < -0.4 is 5.32 Å². The summed E-state index contributed by atoms with van der Waals surface area (Å²) in [5.41, 5.74) is 0.123. The van der Waals surface area contributed by atoms with E-state index in [4.69, 9.17) is 14.2 Å². The van der Waals surface area contributed by atoms with E-state index in [0.29, 0.717) is 24.3 Å². The van der Waals surface area contributed by atoms with Gasteiger partial charge in [-0.2, -0.15) is 0 Å². The number of aliphatic hydroxyl groups is 1. The highest BCUT2D eigenvalue weighted by Gasteiger charge is 2.67. The Morgan fingerprint density at radius 1 is 1.16 bits per heavy atom. The van der Waals surface area contributed by atoms with Gasteiger partial charge in [0.2, 0.25) is 5.60 Å². The van der Waals surface area contributed by atoms with Gasteiger partial charge in [-0.15, -0.1) is 0 Å². The second kappa shape index (κ2) is 11.6. The number of carbonyl (C=O) groups is 2. The molecule has 1 saturated carbocycles. The monoisotopic (exact) mass is 523 g/mol. The number of allylic oxidation sites excluding steroid dienone is 1. The minimum Gasteiger partial charge on any atom is -0.445 e. The molecule has 2 aliphatic heterocycles. The molecule has 1 amide bonds. The number of carbonyl (C=O) groups excluding carboxylic acids is 2. The Hall–Kier alpha value is -2.74. The zero-order chi connectivity index (χ0) is 27.5. The van der Waals surface area contributed by atoms with Gasteiger partial charge in [0, 0.05) is 38.7 Å². The van der Waals surface area contributed by atoms with Crippen molar-refractivity contribution in [1.29, 1.82) is 0 Å². The molecule has 7 nitrogen and oxygen atoms in total. The van der Waals surface area contributed by atoms with Gasteiger partial charge in [-0.1, -0.05) is 69.3 Å². The molecule has 2 N–H and O–H groups in total. The second-order valence-corrected chi connectivity index (χ2v) is 11.1. The van der Waals surface area contributed by atoms with Crippen molar-refractivity contribution < 1.29 is 28.9 Å². The van der Waals surface area contributed by atoms with E-state index in [0.717, 1.165) is 24.8 Å². The number of amides is 1. The fourth-order valence-electron chi connectivity index (χ4n) is 6.53. The Labute approximate surface area is 225 Å². The number of nitrogens with one attached hydrogen (secondary N) is 1. The van der Waals surface area contributed by atoms with Crippen molar-refractivity contribution in [2.45, 2.75) is 69.5 Å². The third-order valence-corrected chi connectivity index (χ3v) is 8.78. The lowest BCUT2D eigenvalue weighted by Gasteiger charge is -2.49. The Morgan fingerprint density at radius 3 is 2.55 bits per heavy atom. The lowest BCUT2D eigenvalue weighted by molar-refractivity contribution is -0.184. The van der Waals surface area contributed by atoms with E-state index in [2.05, 4.69) is 18.8 Å². The van der Waals surface area contributed by atoms with Crippen LogP contribution in [0.25, 0.3) is 0 Å². The van der Waals surface area contributed by atoms with Gasteiger partial charge in [-0.3, -0.25) is 4.79 Å². The molecular formula is C31H41NO6. The molecule has 1 spiro atoms. The molecule has 0 bridgehead atoms. The predicted octanol–water partition coefficient (Wildman–Crippen LogP) is 4.12. The number of hydrogen-bond acceptors (Lipinski definition) is 6. The summed E-state index contributed by atoms with van der Waals surface area (Å²) < 4.78 is 17.5. The number of aliphatic hydroxyl groups excluding tert-OH is 1. The van der Waals surface area contributed by atoms with Gasteiger partial charge in [0.1, 0.15) is 0 Å². The zero-order valence-corrected chi connectivity index (χ0v) is 22.9. The Morgan fingerprint density at radius 2 is 1.87 bits per heavy atom. The van der Waals surface area contributed by atoms with Crippen molar-refractivity contribution >= 4 is 11.9 Å².